The minimum absolute atomic E-state index is 0.0412. The Bertz CT molecular complexity index is 1340. The molecule has 3 heterocycles. The highest BCUT2D eigenvalue weighted by atomic mass is 19.1. The van der Waals surface area contributed by atoms with E-state index in [1.165, 1.54) is 18.3 Å². The van der Waals surface area contributed by atoms with Gasteiger partial charge in [0.2, 0.25) is 0 Å². The second-order valence-corrected chi connectivity index (χ2v) is 11.2. The summed E-state index contributed by atoms with van der Waals surface area (Å²) in [6, 6.07) is 6.04. The van der Waals surface area contributed by atoms with Crippen LogP contribution in [0.25, 0.3) is 0 Å². The fourth-order valence-corrected chi connectivity index (χ4v) is 4.88. The molecule has 1 saturated carbocycles. The largest absolute Gasteiger partial charge is 0.444 e. The van der Waals surface area contributed by atoms with Crippen LogP contribution in [-0.2, 0) is 9.53 Å². The average molecular weight is 552 g/mol. The van der Waals surface area contributed by atoms with Gasteiger partial charge in [0.05, 0.1) is 23.9 Å². The Morgan fingerprint density at radius 3 is 2.40 bits per heavy atom. The topological polar surface area (TPSA) is 132 Å². The quantitative estimate of drug-likeness (QED) is 0.504. The van der Waals surface area contributed by atoms with E-state index in [9.17, 15) is 18.8 Å². The molecule has 1 saturated heterocycles. The van der Waals surface area contributed by atoms with Crippen LogP contribution in [0, 0.1) is 5.82 Å². The number of aromatic amines is 1. The lowest BCUT2D eigenvalue weighted by atomic mass is 10.0. The van der Waals surface area contributed by atoms with Gasteiger partial charge in [0.1, 0.15) is 23.1 Å². The third kappa shape index (κ3) is 6.32. The predicted octanol–water partition coefficient (Wildman–Crippen LogP) is 3.43. The van der Waals surface area contributed by atoms with E-state index in [4.69, 9.17) is 4.74 Å². The summed E-state index contributed by atoms with van der Waals surface area (Å²) in [7, 11) is 0. The number of rotatable bonds is 6. The fourth-order valence-electron chi connectivity index (χ4n) is 4.88. The number of hydrogen-bond acceptors (Lipinski definition) is 7. The molecule has 1 aliphatic carbocycles. The molecule has 3 aliphatic rings. The molecule has 2 fully saturated rings. The average Bonchev–Trinajstić information content (AvgIpc) is 3.62. The van der Waals surface area contributed by atoms with E-state index in [0.29, 0.717) is 48.7 Å². The summed E-state index contributed by atoms with van der Waals surface area (Å²) in [5.41, 5.74) is 0.333. The highest BCUT2D eigenvalue weighted by Crippen LogP contribution is 2.33. The highest BCUT2D eigenvalue weighted by Gasteiger charge is 2.40. The Balaban J connectivity index is 1.19. The number of nitrogens with one attached hydrogen (secondary N) is 3. The summed E-state index contributed by atoms with van der Waals surface area (Å²) in [5.74, 6) is -0.577. The first kappa shape index (κ1) is 27.4. The normalized spacial score (nSPS) is 17.9. The molecule has 0 radical (unpaired) electrons. The van der Waals surface area contributed by atoms with Crippen LogP contribution in [0.1, 0.15) is 62.4 Å². The summed E-state index contributed by atoms with van der Waals surface area (Å²) in [6.45, 7) is 6.77. The molecule has 2 aliphatic heterocycles. The number of aliphatic imine (C=N–C) groups is 1. The summed E-state index contributed by atoms with van der Waals surface area (Å²) in [5, 5.41) is 11.9. The van der Waals surface area contributed by atoms with Gasteiger partial charge in [-0.3, -0.25) is 19.7 Å². The van der Waals surface area contributed by atoms with Crippen LogP contribution >= 0.6 is 0 Å². The van der Waals surface area contributed by atoms with Crippen molar-refractivity contribution < 1.29 is 23.5 Å². The van der Waals surface area contributed by atoms with E-state index in [-0.39, 0.29) is 36.2 Å². The maximum atomic E-state index is 14.8. The number of carbonyl (C=O) groups is 3. The Hall–Kier alpha value is -4.22. The lowest BCUT2D eigenvalue weighted by Gasteiger charge is -2.39. The van der Waals surface area contributed by atoms with E-state index in [1.807, 2.05) is 25.7 Å². The number of nitrogens with zero attached hydrogens (tertiary/aromatic N) is 4. The minimum Gasteiger partial charge on any atom is -0.444 e. The van der Waals surface area contributed by atoms with Crippen molar-refractivity contribution in [2.45, 2.75) is 64.1 Å². The van der Waals surface area contributed by atoms with Gasteiger partial charge in [0, 0.05) is 43.0 Å². The minimum atomic E-state index is -0.692. The molecule has 3 N–H and O–H groups in total. The van der Waals surface area contributed by atoms with Gasteiger partial charge in [0.25, 0.3) is 11.8 Å². The summed E-state index contributed by atoms with van der Waals surface area (Å²) in [6.07, 6.45) is 6.10. The molecular weight excluding hydrogens is 517 g/mol. The zero-order chi connectivity index (χ0) is 28.4. The van der Waals surface area contributed by atoms with Crippen molar-refractivity contribution in [1.29, 1.82) is 0 Å². The van der Waals surface area contributed by atoms with Crippen molar-refractivity contribution >= 4 is 29.6 Å². The Morgan fingerprint density at radius 2 is 1.82 bits per heavy atom. The van der Waals surface area contributed by atoms with Crippen LogP contribution in [0.5, 0.6) is 0 Å². The SMILES string of the molecule is CC(C)(C)OC(=O)N1CCC(N(C(=O)C2=CNC(c3ccc(C(=O)Nc4ccn[nH]4)c(F)c3)=NC2)C2CC2)CC1. The van der Waals surface area contributed by atoms with Crippen LogP contribution in [0.15, 0.2) is 47.2 Å². The smallest absolute Gasteiger partial charge is 0.410 e. The van der Waals surface area contributed by atoms with Gasteiger partial charge in [-0.05, 0) is 58.6 Å². The fraction of sp³-hybridized carbons (Fsp3) is 0.464. The molecule has 212 valence electrons. The van der Waals surface area contributed by atoms with Crippen LogP contribution < -0.4 is 10.6 Å². The number of piperidine rings is 1. The molecule has 2 aromatic rings. The second kappa shape index (κ2) is 11.1. The molecule has 12 heteroatoms. The first-order valence-electron chi connectivity index (χ1n) is 13.5. The Labute approximate surface area is 231 Å². The Morgan fingerprint density at radius 1 is 1.10 bits per heavy atom. The number of likely N-dealkylation sites (tertiary alicyclic amines) is 1. The summed E-state index contributed by atoms with van der Waals surface area (Å²) < 4.78 is 20.3. The van der Waals surface area contributed by atoms with E-state index in [0.717, 1.165) is 12.8 Å². The molecular formula is C28H34FN7O4. The molecule has 1 aromatic carbocycles. The number of amidine groups is 1. The highest BCUT2D eigenvalue weighted by molar-refractivity contribution is 6.06. The number of aromatic nitrogens is 2. The van der Waals surface area contributed by atoms with E-state index >= 15 is 0 Å². The number of amides is 3. The number of halogens is 1. The van der Waals surface area contributed by atoms with E-state index < -0.39 is 17.3 Å². The standard InChI is InChI=1S/C28H34FN7O4/c1-28(2,3)40-27(39)35-12-9-20(10-13-35)36(19-5-6-19)26(38)18-15-30-24(31-16-18)17-4-7-21(22(29)14-17)25(37)33-23-8-11-32-34-23/h4,7-8,11,14-15,19-20H,5-6,9-10,12-13,16H2,1-3H3,(H,30,31)(H2,32,33,34,37). The third-order valence-electron chi connectivity index (χ3n) is 6.99. The molecule has 3 amide bonds. The number of hydrogen-bond donors (Lipinski definition) is 3. The van der Waals surface area contributed by atoms with Gasteiger partial charge >= 0.3 is 6.09 Å². The number of anilines is 1. The molecule has 0 spiro atoms. The predicted molar refractivity (Wildman–Crippen MR) is 146 cm³/mol. The van der Waals surface area contributed by atoms with Gasteiger partial charge in [-0.15, -0.1) is 0 Å². The zero-order valence-corrected chi connectivity index (χ0v) is 22.9. The lowest BCUT2D eigenvalue weighted by molar-refractivity contribution is -0.131. The molecule has 5 rings (SSSR count). The van der Waals surface area contributed by atoms with Gasteiger partial charge in [-0.2, -0.15) is 5.10 Å². The van der Waals surface area contributed by atoms with Crippen molar-refractivity contribution in [3.05, 3.63) is 59.2 Å². The molecule has 40 heavy (non-hydrogen) atoms. The van der Waals surface area contributed by atoms with E-state index in [1.54, 1.807) is 23.2 Å². The maximum absolute atomic E-state index is 14.8. The third-order valence-corrected chi connectivity index (χ3v) is 6.99. The number of carbonyl (C=O) groups excluding carboxylic acids is 3. The number of ether oxygens (including phenoxy) is 1. The Kier molecular flexibility index (Phi) is 7.59. The number of H-pyrrole nitrogens is 1. The van der Waals surface area contributed by atoms with Crippen LogP contribution in [0.2, 0.25) is 0 Å². The van der Waals surface area contributed by atoms with Crippen molar-refractivity contribution in [3.8, 4) is 0 Å². The number of benzene rings is 1. The van der Waals surface area contributed by atoms with Crippen molar-refractivity contribution in [1.82, 2.24) is 25.3 Å². The van der Waals surface area contributed by atoms with Crippen molar-refractivity contribution in [3.63, 3.8) is 0 Å². The second-order valence-electron chi connectivity index (χ2n) is 11.2. The molecule has 0 bridgehead atoms. The molecule has 0 unspecified atom stereocenters. The van der Waals surface area contributed by atoms with Crippen LogP contribution in [-0.4, -0.2) is 81.1 Å². The molecule has 11 nitrogen and oxygen atoms in total. The summed E-state index contributed by atoms with van der Waals surface area (Å²) in [4.78, 5) is 46.6. The van der Waals surface area contributed by atoms with Gasteiger partial charge in [-0.25, -0.2) is 9.18 Å². The van der Waals surface area contributed by atoms with E-state index in [2.05, 4.69) is 25.8 Å². The molecule has 0 atom stereocenters. The molecule has 1 aromatic heterocycles. The monoisotopic (exact) mass is 551 g/mol. The summed E-state index contributed by atoms with van der Waals surface area (Å²) >= 11 is 0. The van der Waals surface area contributed by atoms with Gasteiger partial charge in [0.15, 0.2) is 0 Å². The maximum Gasteiger partial charge on any atom is 0.410 e. The van der Waals surface area contributed by atoms with Crippen molar-refractivity contribution in [2.24, 2.45) is 4.99 Å². The van der Waals surface area contributed by atoms with Gasteiger partial charge < -0.3 is 25.2 Å². The first-order valence-corrected chi connectivity index (χ1v) is 13.5. The first-order chi connectivity index (χ1) is 19.1. The lowest BCUT2D eigenvalue weighted by Crippen LogP contribution is -2.51. The van der Waals surface area contributed by atoms with Gasteiger partial charge in [-0.1, -0.05) is 6.07 Å². The zero-order valence-electron chi connectivity index (χ0n) is 22.9. The van der Waals surface area contributed by atoms with Crippen LogP contribution in [0.4, 0.5) is 15.0 Å². The van der Waals surface area contributed by atoms with Crippen molar-refractivity contribution in [2.75, 3.05) is 25.0 Å². The van der Waals surface area contributed by atoms with Crippen LogP contribution in [0.3, 0.4) is 0 Å².